The number of hydrogen-bond acceptors (Lipinski definition) is 5. The minimum Gasteiger partial charge on any atom is -0.449 e. The predicted molar refractivity (Wildman–Crippen MR) is 73.6 cm³/mol. The Morgan fingerprint density at radius 3 is 2.90 bits per heavy atom. The lowest BCUT2D eigenvalue weighted by molar-refractivity contribution is 0.164. The summed E-state index contributed by atoms with van der Waals surface area (Å²) in [6.45, 7) is 4.09. The van der Waals surface area contributed by atoms with Gasteiger partial charge in [0.25, 0.3) is 0 Å². The number of rotatable bonds is 5. The van der Waals surface area contributed by atoms with Crippen molar-refractivity contribution >= 4 is 6.09 Å². The van der Waals surface area contributed by atoms with Crippen LogP contribution in [0.3, 0.4) is 0 Å². The van der Waals surface area contributed by atoms with Crippen molar-refractivity contribution in [1.29, 1.82) is 0 Å². The molecule has 2 rings (SSSR count). The SMILES string of the molecule is CCCc1nnc(-c2cccnc2)n1NC(=O)OCC. The third-order valence-corrected chi connectivity index (χ3v) is 2.60. The van der Waals surface area contributed by atoms with Crippen molar-refractivity contribution in [2.75, 3.05) is 12.0 Å². The Morgan fingerprint density at radius 2 is 2.25 bits per heavy atom. The molecule has 106 valence electrons. The maximum absolute atomic E-state index is 11.6. The van der Waals surface area contributed by atoms with E-state index in [4.69, 9.17) is 4.74 Å². The number of amides is 1. The van der Waals surface area contributed by atoms with Crippen LogP contribution in [0.2, 0.25) is 0 Å². The molecule has 2 aromatic heterocycles. The highest BCUT2D eigenvalue weighted by molar-refractivity contribution is 5.76. The Hall–Kier alpha value is -2.44. The molecule has 0 radical (unpaired) electrons. The molecule has 0 bridgehead atoms. The zero-order valence-electron chi connectivity index (χ0n) is 11.5. The monoisotopic (exact) mass is 275 g/mol. The van der Waals surface area contributed by atoms with Gasteiger partial charge in [-0.3, -0.25) is 4.98 Å². The van der Waals surface area contributed by atoms with E-state index in [1.54, 1.807) is 30.1 Å². The first kappa shape index (κ1) is 14.0. The van der Waals surface area contributed by atoms with Gasteiger partial charge in [0.1, 0.15) is 0 Å². The van der Waals surface area contributed by atoms with E-state index in [0.717, 1.165) is 12.0 Å². The molecule has 0 saturated carbocycles. The molecule has 20 heavy (non-hydrogen) atoms. The van der Waals surface area contributed by atoms with E-state index in [0.29, 0.717) is 24.7 Å². The van der Waals surface area contributed by atoms with Gasteiger partial charge in [0.2, 0.25) is 0 Å². The van der Waals surface area contributed by atoms with Gasteiger partial charge in [0, 0.05) is 24.4 Å². The lowest BCUT2D eigenvalue weighted by Gasteiger charge is -2.11. The molecule has 1 N–H and O–H groups in total. The van der Waals surface area contributed by atoms with Gasteiger partial charge in [-0.05, 0) is 25.5 Å². The van der Waals surface area contributed by atoms with E-state index in [1.807, 2.05) is 13.0 Å². The van der Waals surface area contributed by atoms with Crippen LogP contribution in [0.4, 0.5) is 4.79 Å². The van der Waals surface area contributed by atoms with Gasteiger partial charge in [0.05, 0.1) is 6.61 Å². The molecule has 0 aliphatic rings. The molecule has 2 heterocycles. The van der Waals surface area contributed by atoms with E-state index in [2.05, 4.69) is 20.6 Å². The topological polar surface area (TPSA) is 81.9 Å². The molecule has 0 unspecified atom stereocenters. The van der Waals surface area contributed by atoms with Gasteiger partial charge >= 0.3 is 6.09 Å². The minimum absolute atomic E-state index is 0.305. The zero-order chi connectivity index (χ0) is 14.4. The molecule has 0 aliphatic carbocycles. The molecule has 7 heteroatoms. The third kappa shape index (κ3) is 3.11. The number of carbonyl (C=O) groups excluding carboxylic acids is 1. The Labute approximate surface area is 117 Å². The first-order valence-corrected chi connectivity index (χ1v) is 6.54. The maximum atomic E-state index is 11.6. The first-order valence-electron chi connectivity index (χ1n) is 6.54. The Kier molecular flexibility index (Phi) is 4.65. The number of nitrogens with zero attached hydrogens (tertiary/aromatic N) is 4. The van der Waals surface area contributed by atoms with Crippen molar-refractivity contribution in [2.24, 2.45) is 0 Å². The van der Waals surface area contributed by atoms with Crippen LogP contribution in [-0.4, -0.2) is 32.6 Å². The number of hydrogen-bond donors (Lipinski definition) is 1. The van der Waals surface area contributed by atoms with Crippen molar-refractivity contribution in [3.8, 4) is 11.4 Å². The Morgan fingerprint density at radius 1 is 1.40 bits per heavy atom. The molecule has 0 atom stereocenters. The summed E-state index contributed by atoms with van der Waals surface area (Å²) < 4.78 is 6.45. The molecular formula is C13H17N5O2. The second-order valence-corrected chi connectivity index (χ2v) is 4.10. The average Bonchev–Trinajstić information content (AvgIpc) is 2.83. The summed E-state index contributed by atoms with van der Waals surface area (Å²) in [7, 11) is 0. The molecule has 0 spiro atoms. The van der Waals surface area contributed by atoms with Crippen LogP contribution in [0.1, 0.15) is 26.1 Å². The fourth-order valence-electron chi connectivity index (χ4n) is 1.76. The normalized spacial score (nSPS) is 10.3. The summed E-state index contributed by atoms with van der Waals surface area (Å²) in [5.74, 6) is 1.22. The van der Waals surface area contributed by atoms with E-state index >= 15 is 0 Å². The Bertz CT molecular complexity index is 567. The molecule has 1 amide bonds. The summed E-state index contributed by atoms with van der Waals surface area (Å²) >= 11 is 0. The molecular weight excluding hydrogens is 258 g/mol. The third-order valence-electron chi connectivity index (χ3n) is 2.60. The van der Waals surface area contributed by atoms with Gasteiger partial charge in [-0.15, -0.1) is 10.2 Å². The number of carbonyl (C=O) groups is 1. The maximum Gasteiger partial charge on any atom is 0.426 e. The van der Waals surface area contributed by atoms with Crippen LogP contribution in [0, 0.1) is 0 Å². The van der Waals surface area contributed by atoms with E-state index < -0.39 is 6.09 Å². The standard InChI is InChI=1S/C13H17N5O2/c1-3-6-11-15-16-12(10-7-5-8-14-9-10)18(11)17-13(19)20-4-2/h5,7-9H,3-4,6H2,1-2H3,(H,17,19). The minimum atomic E-state index is -0.533. The van der Waals surface area contributed by atoms with Crippen molar-refractivity contribution in [2.45, 2.75) is 26.7 Å². The second-order valence-electron chi connectivity index (χ2n) is 4.10. The fraction of sp³-hybridized carbons (Fsp3) is 0.385. The van der Waals surface area contributed by atoms with Crippen LogP contribution in [0.15, 0.2) is 24.5 Å². The first-order chi connectivity index (χ1) is 9.76. The van der Waals surface area contributed by atoms with Crippen molar-refractivity contribution < 1.29 is 9.53 Å². The van der Waals surface area contributed by atoms with Crippen LogP contribution in [-0.2, 0) is 11.2 Å². The smallest absolute Gasteiger partial charge is 0.426 e. The van der Waals surface area contributed by atoms with Gasteiger partial charge < -0.3 is 4.74 Å². The zero-order valence-corrected chi connectivity index (χ0v) is 11.5. The number of nitrogens with one attached hydrogen (secondary N) is 1. The quantitative estimate of drug-likeness (QED) is 0.902. The summed E-state index contributed by atoms with van der Waals surface area (Å²) in [5.41, 5.74) is 3.42. The number of ether oxygens (including phenoxy) is 1. The van der Waals surface area contributed by atoms with E-state index in [1.165, 1.54) is 0 Å². The van der Waals surface area contributed by atoms with Crippen LogP contribution in [0.5, 0.6) is 0 Å². The molecule has 7 nitrogen and oxygen atoms in total. The highest BCUT2D eigenvalue weighted by Crippen LogP contribution is 2.16. The van der Waals surface area contributed by atoms with E-state index in [9.17, 15) is 4.79 Å². The van der Waals surface area contributed by atoms with Crippen molar-refractivity contribution in [1.82, 2.24) is 19.9 Å². The van der Waals surface area contributed by atoms with Gasteiger partial charge in [-0.2, -0.15) is 0 Å². The lowest BCUT2D eigenvalue weighted by atomic mass is 10.3. The molecule has 0 aromatic carbocycles. The average molecular weight is 275 g/mol. The van der Waals surface area contributed by atoms with Crippen molar-refractivity contribution in [3.05, 3.63) is 30.4 Å². The van der Waals surface area contributed by atoms with Crippen molar-refractivity contribution in [3.63, 3.8) is 0 Å². The lowest BCUT2D eigenvalue weighted by Crippen LogP contribution is -2.26. The number of aryl methyl sites for hydroxylation is 1. The fourth-order valence-corrected chi connectivity index (χ4v) is 1.76. The molecule has 2 aromatic rings. The van der Waals surface area contributed by atoms with Gasteiger partial charge in [0.15, 0.2) is 11.6 Å². The molecule has 0 fully saturated rings. The second kappa shape index (κ2) is 6.65. The summed E-state index contributed by atoms with van der Waals surface area (Å²) in [5, 5.41) is 8.23. The summed E-state index contributed by atoms with van der Waals surface area (Å²) in [6.07, 6.45) is 4.42. The van der Waals surface area contributed by atoms with Crippen LogP contribution in [0.25, 0.3) is 11.4 Å². The van der Waals surface area contributed by atoms with Gasteiger partial charge in [-0.25, -0.2) is 14.9 Å². The number of aromatic nitrogens is 4. The molecule has 0 aliphatic heterocycles. The van der Waals surface area contributed by atoms with Crippen LogP contribution < -0.4 is 5.43 Å². The Balaban J connectivity index is 2.34. The molecule has 0 saturated heterocycles. The highest BCUT2D eigenvalue weighted by atomic mass is 16.6. The summed E-state index contributed by atoms with van der Waals surface area (Å²) in [6, 6.07) is 3.66. The van der Waals surface area contributed by atoms with E-state index in [-0.39, 0.29) is 0 Å². The predicted octanol–water partition coefficient (Wildman–Crippen LogP) is 1.99. The summed E-state index contributed by atoms with van der Waals surface area (Å²) in [4.78, 5) is 15.7. The largest absolute Gasteiger partial charge is 0.449 e. The van der Waals surface area contributed by atoms with Gasteiger partial charge in [-0.1, -0.05) is 6.92 Å². The highest BCUT2D eigenvalue weighted by Gasteiger charge is 2.15. The van der Waals surface area contributed by atoms with Crippen LogP contribution >= 0.6 is 0 Å². The number of pyridine rings is 1.